The number of nitrogens with zero attached hydrogens (tertiary/aromatic N) is 1. The molecule has 2 rings (SSSR count). The molecule has 4 nitrogen and oxygen atoms in total. The number of hydrogen-bond donors (Lipinski definition) is 1. The number of nitrogens with one attached hydrogen (secondary N) is 1. The molecule has 0 radical (unpaired) electrons. The van der Waals surface area contributed by atoms with E-state index >= 15 is 0 Å². The number of aryl methyl sites for hydroxylation is 2. The number of benzene rings is 1. The van der Waals surface area contributed by atoms with Crippen LogP contribution in [0.4, 0.5) is 5.69 Å². The molecule has 0 spiro atoms. The van der Waals surface area contributed by atoms with E-state index in [0.717, 1.165) is 24.1 Å². The van der Waals surface area contributed by atoms with Gasteiger partial charge in [-0.3, -0.25) is 9.59 Å². The van der Waals surface area contributed by atoms with Crippen LogP contribution in [0.2, 0.25) is 0 Å². The molecule has 21 heavy (non-hydrogen) atoms. The fraction of sp³-hybridized carbons (Fsp3) is 0.529. The fourth-order valence-electron chi connectivity index (χ4n) is 2.80. The maximum Gasteiger partial charge on any atom is 0.227 e. The number of rotatable bonds is 3. The van der Waals surface area contributed by atoms with E-state index in [0.29, 0.717) is 19.5 Å². The maximum atomic E-state index is 12.3. The molecule has 0 saturated carbocycles. The summed E-state index contributed by atoms with van der Waals surface area (Å²) in [5.41, 5.74) is 3.16. The highest BCUT2D eigenvalue weighted by molar-refractivity contribution is 5.93. The van der Waals surface area contributed by atoms with Crippen molar-refractivity contribution in [2.24, 2.45) is 5.92 Å². The number of amides is 2. The second-order valence-electron chi connectivity index (χ2n) is 5.82. The first kappa shape index (κ1) is 15.5. The molecular formula is C17H24N2O2. The molecule has 0 unspecified atom stereocenters. The highest BCUT2D eigenvalue weighted by atomic mass is 16.2. The molecule has 1 saturated heterocycles. The quantitative estimate of drug-likeness (QED) is 0.929. The number of anilines is 1. The van der Waals surface area contributed by atoms with Crippen molar-refractivity contribution >= 4 is 17.5 Å². The van der Waals surface area contributed by atoms with Gasteiger partial charge in [-0.2, -0.15) is 0 Å². The van der Waals surface area contributed by atoms with Crippen molar-refractivity contribution in [1.82, 2.24) is 4.90 Å². The fourth-order valence-corrected chi connectivity index (χ4v) is 2.80. The minimum absolute atomic E-state index is 0.00612. The predicted molar refractivity (Wildman–Crippen MR) is 84.1 cm³/mol. The standard InChI is InChI=1S/C17H24N2O2/c1-4-16(20)19-9-7-14(8-10-19)17(21)18-15-6-5-12(2)11-13(15)3/h5-6,11,14H,4,7-10H2,1-3H3,(H,18,21). The average molecular weight is 288 g/mol. The van der Waals surface area contributed by atoms with Gasteiger partial charge in [0.1, 0.15) is 0 Å². The van der Waals surface area contributed by atoms with Crippen LogP contribution in [0.25, 0.3) is 0 Å². The number of likely N-dealkylation sites (tertiary alicyclic amines) is 1. The highest BCUT2D eigenvalue weighted by Gasteiger charge is 2.26. The average Bonchev–Trinajstić information content (AvgIpc) is 2.49. The molecule has 2 amide bonds. The largest absolute Gasteiger partial charge is 0.343 e. The zero-order chi connectivity index (χ0) is 15.4. The third-order valence-electron chi connectivity index (χ3n) is 4.16. The molecule has 1 aromatic carbocycles. The van der Waals surface area contributed by atoms with Gasteiger partial charge in [0.05, 0.1) is 0 Å². The molecule has 0 bridgehead atoms. The Morgan fingerprint density at radius 3 is 2.48 bits per heavy atom. The lowest BCUT2D eigenvalue weighted by Crippen LogP contribution is -2.41. The van der Waals surface area contributed by atoms with Crippen molar-refractivity contribution in [2.45, 2.75) is 40.0 Å². The summed E-state index contributed by atoms with van der Waals surface area (Å²) >= 11 is 0. The summed E-state index contributed by atoms with van der Waals surface area (Å²) < 4.78 is 0. The van der Waals surface area contributed by atoms with Gasteiger partial charge in [-0.15, -0.1) is 0 Å². The molecule has 114 valence electrons. The zero-order valence-electron chi connectivity index (χ0n) is 13.1. The van der Waals surface area contributed by atoms with E-state index < -0.39 is 0 Å². The van der Waals surface area contributed by atoms with E-state index in [1.54, 1.807) is 0 Å². The van der Waals surface area contributed by atoms with E-state index in [9.17, 15) is 9.59 Å². The van der Waals surface area contributed by atoms with Crippen LogP contribution in [0.1, 0.15) is 37.3 Å². The van der Waals surface area contributed by atoms with Gasteiger partial charge in [0.15, 0.2) is 0 Å². The van der Waals surface area contributed by atoms with Gasteiger partial charge >= 0.3 is 0 Å². The summed E-state index contributed by atoms with van der Waals surface area (Å²) in [6.07, 6.45) is 2.05. The summed E-state index contributed by atoms with van der Waals surface area (Å²) in [5, 5.41) is 3.02. The Morgan fingerprint density at radius 1 is 1.24 bits per heavy atom. The van der Waals surface area contributed by atoms with Crippen molar-refractivity contribution in [3.63, 3.8) is 0 Å². The lowest BCUT2D eigenvalue weighted by molar-refractivity contribution is -0.134. The van der Waals surface area contributed by atoms with Gasteiger partial charge in [-0.05, 0) is 38.3 Å². The molecule has 1 heterocycles. The van der Waals surface area contributed by atoms with Crippen LogP contribution in [-0.2, 0) is 9.59 Å². The van der Waals surface area contributed by atoms with E-state index in [1.807, 2.05) is 37.8 Å². The van der Waals surface area contributed by atoms with Crippen molar-refractivity contribution in [3.05, 3.63) is 29.3 Å². The minimum atomic E-state index is 0.00612. The van der Waals surface area contributed by atoms with Gasteiger partial charge < -0.3 is 10.2 Å². The first-order valence-electron chi connectivity index (χ1n) is 7.67. The van der Waals surface area contributed by atoms with E-state index in [-0.39, 0.29) is 17.7 Å². The van der Waals surface area contributed by atoms with Crippen LogP contribution in [0.5, 0.6) is 0 Å². The van der Waals surface area contributed by atoms with Crippen LogP contribution in [-0.4, -0.2) is 29.8 Å². The number of piperidine rings is 1. The number of hydrogen-bond acceptors (Lipinski definition) is 2. The van der Waals surface area contributed by atoms with Crippen LogP contribution in [0, 0.1) is 19.8 Å². The summed E-state index contributed by atoms with van der Waals surface area (Å²) in [6, 6.07) is 6.03. The number of carbonyl (C=O) groups excluding carboxylic acids is 2. The lowest BCUT2D eigenvalue weighted by Gasteiger charge is -2.31. The summed E-state index contributed by atoms with van der Waals surface area (Å²) in [4.78, 5) is 25.8. The monoisotopic (exact) mass is 288 g/mol. The van der Waals surface area contributed by atoms with Gasteiger partial charge in [-0.1, -0.05) is 24.6 Å². The molecule has 0 atom stereocenters. The molecule has 1 aliphatic rings. The van der Waals surface area contributed by atoms with Crippen LogP contribution in [0.15, 0.2) is 18.2 Å². The van der Waals surface area contributed by atoms with E-state index in [4.69, 9.17) is 0 Å². The molecule has 1 aliphatic heterocycles. The molecule has 1 aromatic rings. The Labute approximate surface area is 126 Å². The van der Waals surface area contributed by atoms with Crippen LogP contribution < -0.4 is 5.32 Å². The third kappa shape index (κ3) is 3.84. The second kappa shape index (κ2) is 6.74. The third-order valence-corrected chi connectivity index (χ3v) is 4.16. The molecule has 4 heteroatoms. The first-order valence-corrected chi connectivity index (χ1v) is 7.67. The normalized spacial score (nSPS) is 15.9. The topological polar surface area (TPSA) is 49.4 Å². The smallest absolute Gasteiger partial charge is 0.227 e. The molecule has 1 N–H and O–H groups in total. The number of carbonyl (C=O) groups is 2. The Kier molecular flexibility index (Phi) is 4.99. The zero-order valence-corrected chi connectivity index (χ0v) is 13.1. The van der Waals surface area contributed by atoms with E-state index in [2.05, 4.69) is 11.4 Å². The van der Waals surface area contributed by atoms with Crippen molar-refractivity contribution in [1.29, 1.82) is 0 Å². The molecule has 0 aliphatic carbocycles. The van der Waals surface area contributed by atoms with E-state index in [1.165, 1.54) is 5.56 Å². The van der Waals surface area contributed by atoms with Crippen molar-refractivity contribution in [3.8, 4) is 0 Å². The molecule has 1 fully saturated rings. The molecule has 0 aromatic heterocycles. The Hall–Kier alpha value is -1.84. The van der Waals surface area contributed by atoms with Crippen molar-refractivity contribution < 1.29 is 9.59 Å². The SMILES string of the molecule is CCC(=O)N1CCC(C(=O)Nc2ccc(C)cc2C)CC1. The minimum Gasteiger partial charge on any atom is -0.343 e. The van der Waals surface area contributed by atoms with Gasteiger partial charge in [0, 0.05) is 31.1 Å². The van der Waals surface area contributed by atoms with Gasteiger partial charge in [-0.25, -0.2) is 0 Å². The summed E-state index contributed by atoms with van der Waals surface area (Å²) in [5.74, 6) is 0.264. The van der Waals surface area contributed by atoms with Gasteiger partial charge in [0.2, 0.25) is 11.8 Å². The molecular weight excluding hydrogens is 264 g/mol. The predicted octanol–water partition coefficient (Wildman–Crippen LogP) is 2.89. The van der Waals surface area contributed by atoms with Crippen molar-refractivity contribution in [2.75, 3.05) is 18.4 Å². The first-order chi connectivity index (χ1) is 10.0. The van der Waals surface area contributed by atoms with Gasteiger partial charge in [0.25, 0.3) is 0 Å². The Balaban J connectivity index is 1.92. The summed E-state index contributed by atoms with van der Waals surface area (Å²) in [7, 11) is 0. The lowest BCUT2D eigenvalue weighted by atomic mass is 9.95. The Bertz CT molecular complexity index is 532. The Morgan fingerprint density at radius 2 is 1.90 bits per heavy atom. The second-order valence-corrected chi connectivity index (χ2v) is 5.82. The maximum absolute atomic E-state index is 12.3. The highest BCUT2D eigenvalue weighted by Crippen LogP contribution is 2.22. The summed E-state index contributed by atoms with van der Waals surface area (Å²) in [6.45, 7) is 7.31. The van der Waals surface area contributed by atoms with Crippen LogP contribution >= 0.6 is 0 Å². The van der Waals surface area contributed by atoms with Crippen LogP contribution in [0.3, 0.4) is 0 Å².